The van der Waals surface area contributed by atoms with Gasteiger partial charge in [0.1, 0.15) is 0 Å². The van der Waals surface area contributed by atoms with E-state index in [4.69, 9.17) is 4.74 Å². The standard InChI is InChI=1S/C17H35NO/c1-6-18-15(3)9-7-8-10-19-16-11-14(2)12-17(4,5)13-16/h14-16,18H,6-13H2,1-5H3. The van der Waals surface area contributed by atoms with E-state index in [2.05, 4.69) is 39.9 Å². The zero-order valence-corrected chi connectivity index (χ0v) is 13.8. The van der Waals surface area contributed by atoms with Crippen LogP contribution in [0.1, 0.15) is 73.1 Å². The normalized spacial score (nSPS) is 28.3. The SMILES string of the molecule is CCNC(C)CCCCOC1CC(C)CC(C)(C)C1. The number of rotatable bonds is 8. The van der Waals surface area contributed by atoms with Crippen LogP contribution in [0.15, 0.2) is 0 Å². The van der Waals surface area contributed by atoms with E-state index in [1.54, 1.807) is 0 Å². The van der Waals surface area contributed by atoms with Gasteiger partial charge in [0, 0.05) is 12.6 Å². The molecular weight excluding hydrogens is 234 g/mol. The first-order valence-corrected chi connectivity index (χ1v) is 8.28. The van der Waals surface area contributed by atoms with Gasteiger partial charge in [0.2, 0.25) is 0 Å². The zero-order valence-electron chi connectivity index (χ0n) is 13.8. The maximum absolute atomic E-state index is 6.11. The molecule has 3 unspecified atom stereocenters. The first-order chi connectivity index (χ1) is 8.93. The zero-order chi connectivity index (χ0) is 14.3. The third-order valence-corrected chi connectivity index (χ3v) is 4.28. The molecule has 1 aliphatic rings. The molecule has 0 radical (unpaired) electrons. The predicted molar refractivity (Wildman–Crippen MR) is 83.5 cm³/mol. The van der Waals surface area contributed by atoms with Crippen LogP contribution in [0.3, 0.4) is 0 Å². The van der Waals surface area contributed by atoms with Crippen LogP contribution in [-0.4, -0.2) is 25.3 Å². The minimum Gasteiger partial charge on any atom is -0.378 e. The van der Waals surface area contributed by atoms with Gasteiger partial charge in [-0.2, -0.15) is 0 Å². The van der Waals surface area contributed by atoms with Gasteiger partial charge in [-0.3, -0.25) is 0 Å². The molecule has 3 atom stereocenters. The smallest absolute Gasteiger partial charge is 0.0582 e. The molecule has 0 spiro atoms. The average Bonchev–Trinajstić information content (AvgIpc) is 2.26. The molecule has 114 valence electrons. The van der Waals surface area contributed by atoms with E-state index in [0.717, 1.165) is 19.1 Å². The van der Waals surface area contributed by atoms with Crippen LogP contribution in [0.4, 0.5) is 0 Å². The highest BCUT2D eigenvalue weighted by atomic mass is 16.5. The Balaban J connectivity index is 2.09. The highest BCUT2D eigenvalue weighted by molar-refractivity contribution is 4.83. The maximum atomic E-state index is 6.11. The van der Waals surface area contributed by atoms with Crippen LogP contribution in [-0.2, 0) is 4.74 Å². The Morgan fingerprint density at radius 2 is 2.00 bits per heavy atom. The molecule has 0 aromatic heterocycles. The Bertz CT molecular complexity index is 239. The van der Waals surface area contributed by atoms with Gasteiger partial charge in [0.15, 0.2) is 0 Å². The third-order valence-electron chi connectivity index (χ3n) is 4.28. The summed E-state index contributed by atoms with van der Waals surface area (Å²) in [7, 11) is 0. The predicted octanol–water partition coefficient (Wildman–Crippen LogP) is 4.39. The van der Waals surface area contributed by atoms with Crippen LogP contribution in [0.2, 0.25) is 0 Å². The van der Waals surface area contributed by atoms with Crippen LogP contribution in [0, 0.1) is 11.3 Å². The summed E-state index contributed by atoms with van der Waals surface area (Å²) < 4.78 is 6.11. The van der Waals surface area contributed by atoms with E-state index in [0.29, 0.717) is 17.6 Å². The van der Waals surface area contributed by atoms with E-state index in [-0.39, 0.29) is 0 Å². The fraction of sp³-hybridized carbons (Fsp3) is 1.00. The highest BCUT2D eigenvalue weighted by Gasteiger charge is 2.32. The molecule has 1 fully saturated rings. The maximum Gasteiger partial charge on any atom is 0.0582 e. The van der Waals surface area contributed by atoms with Gasteiger partial charge in [0.25, 0.3) is 0 Å². The minimum atomic E-state index is 0.474. The molecule has 2 heteroatoms. The first-order valence-electron chi connectivity index (χ1n) is 8.28. The molecule has 0 aromatic carbocycles. The van der Waals surface area contributed by atoms with E-state index >= 15 is 0 Å². The summed E-state index contributed by atoms with van der Waals surface area (Å²) in [5, 5.41) is 3.46. The van der Waals surface area contributed by atoms with Crippen molar-refractivity contribution in [1.82, 2.24) is 5.32 Å². The Kier molecular flexibility index (Phi) is 7.38. The Morgan fingerprint density at radius 3 is 2.63 bits per heavy atom. The van der Waals surface area contributed by atoms with Gasteiger partial charge in [-0.1, -0.05) is 27.7 Å². The van der Waals surface area contributed by atoms with Gasteiger partial charge in [0.05, 0.1) is 6.10 Å². The van der Waals surface area contributed by atoms with E-state index in [1.807, 2.05) is 0 Å². The summed E-state index contributed by atoms with van der Waals surface area (Å²) in [4.78, 5) is 0. The van der Waals surface area contributed by atoms with Gasteiger partial charge < -0.3 is 10.1 Å². The van der Waals surface area contributed by atoms with Gasteiger partial charge in [-0.15, -0.1) is 0 Å². The van der Waals surface area contributed by atoms with Crippen LogP contribution < -0.4 is 5.32 Å². The van der Waals surface area contributed by atoms with Crippen molar-refractivity contribution < 1.29 is 4.74 Å². The summed E-state index contributed by atoms with van der Waals surface area (Å²) in [5.74, 6) is 0.822. The molecule has 0 aromatic rings. The van der Waals surface area contributed by atoms with Crippen molar-refractivity contribution in [3.05, 3.63) is 0 Å². The molecule has 1 aliphatic carbocycles. The number of nitrogens with one attached hydrogen (secondary N) is 1. The Hall–Kier alpha value is -0.0800. The van der Waals surface area contributed by atoms with E-state index < -0.39 is 0 Å². The fourth-order valence-electron chi connectivity index (χ4n) is 3.64. The summed E-state index contributed by atoms with van der Waals surface area (Å²) in [6, 6.07) is 0.652. The first kappa shape index (κ1) is 17.0. The van der Waals surface area contributed by atoms with Crippen molar-refractivity contribution in [3.8, 4) is 0 Å². The number of hydrogen-bond donors (Lipinski definition) is 1. The second-order valence-electron chi connectivity index (χ2n) is 7.36. The summed E-state index contributed by atoms with van der Waals surface area (Å²) in [5.41, 5.74) is 0.474. The number of ether oxygens (including phenoxy) is 1. The molecular formula is C17H35NO. The molecule has 0 amide bonds. The third kappa shape index (κ3) is 7.31. The van der Waals surface area contributed by atoms with Crippen LogP contribution >= 0.6 is 0 Å². The van der Waals surface area contributed by atoms with Crippen molar-refractivity contribution >= 4 is 0 Å². The lowest BCUT2D eigenvalue weighted by Crippen LogP contribution is -2.32. The molecule has 0 bridgehead atoms. The van der Waals surface area contributed by atoms with Crippen LogP contribution in [0.5, 0.6) is 0 Å². The quantitative estimate of drug-likeness (QED) is 0.660. The molecule has 19 heavy (non-hydrogen) atoms. The number of hydrogen-bond acceptors (Lipinski definition) is 2. The molecule has 1 rings (SSSR count). The van der Waals surface area contributed by atoms with Gasteiger partial charge >= 0.3 is 0 Å². The Labute approximate surface area is 120 Å². The lowest BCUT2D eigenvalue weighted by Gasteiger charge is -2.38. The van der Waals surface area contributed by atoms with Crippen LogP contribution in [0.25, 0.3) is 0 Å². The largest absolute Gasteiger partial charge is 0.378 e. The van der Waals surface area contributed by atoms with Crippen molar-refractivity contribution in [3.63, 3.8) is 0 Å². The molecule has 2 nitrogen and oxygen atoms in total. The molecule has 1 N–H and O–H groups in total. The van der Waals surface area contributed by atoms with E-state index in [1.165, 1.54) is 38.5 Å². The summed E-state index contributed by atoms with van der Waals surface area (Å²) in [6.07, 6.45) is 8.12. The lowest BCUT2D eigenvalue weighted by molar-refractivity contribution is -0.0241. The average molecular weight is 269 g/mol. The van der Waals surface area contributed by atoms with Crippen molar-refractivity contribution in [1.29, 1.82) is 0 Å². The van der Waals surface area contributed by atoms with Gasteiger partial charge in [-0.05, 0) is 63.3 Å². The fourth-order valence-corrected chi connectivity index (χ4v) is 3.64. The van der Waals surface area contributed by atoms with Crippen molar-refractivity contribution in [2.45, 2.75) is 85.3 Å². The molecule has 0 saturated heterocycles. The summed E-state index contributed by atoms with van der Waals surface area (Å²) >= 11 is 0. The highest BCUT2D eigenvalue weighted by Crippen LogP contribution is 2.39. The molecule has 1 saturated carbocycles. The molecule has 0 aliphatic heterocycles. The summed E-state index contributed by atoms with van der Waals surface area (Å²) in [6.45, 7) is 13.6. The molecule has 0 heterocycles. The second kappa shape index (κ2) is 8.26. The Morgan fingerprint density at radius 1 is 1.26 bits per heavy atom. The van der Waals surface area contributed by atoms with Crippen molar-refractivity contribution in [2.75, 3.05) is 13.2 Å². The number of unbranched alkanes of at least 4 members (excludes halogenated alkanes) is 1. The van der Waals surface area contributed by atoms with E-state index in [9.17, 15) is 0 Å². The van der Waals surface area contributed by atoms with Gasteiger partial charge in [-0.25, -0.2) is 0 Å². The minimum absolute atomic E-state index is 0.474. The second-order valence-corrected chi connectivity index (χ2v) is 7.36. The van der Waals surface area contributed by atoms with Crippen molar-refractivity contribution in [2.24, 2.45) is 11.3 Å². The lowest BCUT2D eigenvalue weighted by atomic mass is 9.71. The monoisotopic (exact) mass is 269 g/mol. The topological polar surface area (TPSA) is 21.3 Å².